The van der Waals surface area contributed by atoms with E-state index >= 15 is 0 Å². The van der Waals surface area contributed by atoms with Crippen LogP contribution in [0.25, 0.3) is 0 Å². The molecule has 0 aromatic heterocycles. The summed E-state index contributed by atoms with van der Waals surface area (Å²) in [5.74, 6) is -0.920. The number of carbonyl (C=O) groups is 2. The Hall–Kier alpha value is -2.14. The van der Waals surface area contributed by atoms with Gasteiger partial charge in [0.25, 0.3) is 0 Å². The smallest absolute Gasteiger partial charge is 0.331 e. The molecule has 5 heteroatoms. The van der Waals surface area contributed by atoms with E-state index in [1.807, 2.05) is 51.1 Å². The van der Waals surface area contributed by atoms with Crippen LogP contribution in [0.4, 0.5) is 0 Å². The first-order valence-electron chi connectivity index (χ1n) is 8.73. The van der Waals surface area contributed by atoms with Crippen LogP contribution in [0.2, 0.25) is 0 Å². The van der Waals surface area contributed by atoms with E-state index in [-0.39, 0.29) is 13.2 Å². The predicted molar refractivity (Wildman–Crippen MR) is 102 cm³/mol. The summed E-state index contributed by atoms with van der Waals surface area (Å²) in [7, 11) is 0. The van der Waals surface area contributed by atoms with E-state index < -0.39 is 28.5 Å². The lowest BCUT2D eigenvalue weighted by Crippen LogP contribution is -2.62. The van der Waals surface area contributed by atoms with Crippen LogP contribution in [0.15, 0.2) is 43.0 Å². The Labute approximate surface area is 156 Å². The molecule has 1 unspecified atom stereocenters. The topological polar surface area (TPSA) is 64.6 Å². The molecule has 0 aliphatic heterocycles. The molecule has 5 nitrogen and oxygen atoms in total. The zero-order valence-electron chi connectivity index (χ0n) is 16.7. The highest BCUT2D eigenvalue weighted by molar-refractivity contribution is 5.86. The Morgan fingerprint density at radius 2 is 1.65 bits per heavy atom. The number of hydrogen-bond acceptors (Lipinski definition) is 5. The van der Waals surface area contributed by atoms with Crippen LogP contribution in [-0.4, -0.2) is 29.6 Å². The summed E-state index contributed by atoms with van der Waals surface area (Å²) in [6.45, 7) is 14.9. The lowest BCUT2D eigenvalue weighted by atomic mass is 9.73. The highest BCUT2D eigenvalue weighted by atomic mass is 16.6. The van der Waals surface area contributed by atoms with Crippen LogP contribution < -0.4 is 5.32 Å². The van der Waals surface area contributed by atoms with Crippen LogP contribution in [0.1, 0.15) is 47.1 Å². The maximum absolute atomic E-state index is 12.8. The molecular formula is C21H31NO4. The molecule has 0 radical (unpaired) electrons. The van der Waals surface area contributed by atoms with Crippen LogP contribution in [-0.2, 0) is 25.7 Å². The van der Waals surface area contributed by atoms with Gasteiger partial charge in [0.2, 0.25) is 0 Å². The number of carbonyl (C=O) groups excluding carboxylic acids is 2. The van der Waals surface area contributed by atoms with E-state index in [1.165, 1.54) is 6.08 Å². The van der Waals surface area contributed by atoms with Gasteiger partial charge in [-0.25, -0.2) is 4.79 Å². The second-order valence-corrected chi connectivity index (χ2v) is 8.26. The molecule has 0 fully saturated rings. The maximum atomic E-state index is 12.8. The molecule has 144 valence electrons. The van der Waals surface area contributed by atoms with Crippen molar-refractivity contribution in [3.05, 3.63) is 48.6 Å². The monoisotopic (exact) mass is 361 g/mol. The Morgan fingerprint density at radius 1 is 1.08 bits per heavy atom. The molecular weight excluding hydrogens is 330 g/mol. The quantitative estimate of drug-likeness (QED) is 0.593. The van der Waals surface area contributed by atoms with Gasteiger partial charge in [0.05, 0.1) is 6.54 Å². The first-order valence-corrected chi connectivity index (χ1v) is 8.73. The largest absolute Gasteiger partial charge is 0.460 e. The summed E-state index contributed by atoms with van der Waals surface area (Å²) in [6.07, 6.45) is 1.51. The number of ether oxygens (including phenoxy) is 2. The van der Waals surface area contributed by atoms with Gasteiger partial charge in [-0.2, -0.15) is 0 Å². The summed E-state index contributed by atoms with van der Waals surface area (Å²) in [5, 5.41) is 3.01. The third kappa shape index (κ3) is 5.99. The van der Waals surface area contributed by atoms with Crippen LogP contribution in [0.5, 0.6) is 0 Å². The third-order valence-electron chi connectivity index (χ3n) is 3.96. The SMILES string of the molecule is C=CC(NCC(=O)OCc1ccccc1)(C(=O)OC(C)(C)C)C(C)(C)C. The summed E-state index contributed by atoms with van der Waals surface area (Å²) < 4.78 is 10.8. The van der Waals surface area contributed by atoms with Crippen molar-refractivity contribution in [2.24, 2.45) is 5.41 Å². The van der Waals surface area contributed by atoms with Gasteiger partial charge >= 0.3 is 11.9 Å². The fraction of sp³-hybridized carbons (Fsp3) is 0.524. The Kier molecular flexibility index (Phi) is 7.16. The van der Waals surface area contributed by atoms with Gasteiger partial charge in [0.15, 0.2) is 0 Å². The van der Waals surface area contributed by atoms with Crippen molar-refractivity contribution in [1.29, 1.82) is 0 Å². The first-order chi connectivity index (χ1) is 11.9. The summed E-state index contributed by atoms with van der Waals surface area (Å²) in [6, 6.07) is 9.42. The van der Waals surface area contributed by atoms with Crippen molar-refractivity contribution < 1.29 is 19.1 Å². The van der Waals surface area contributed by atoms with Gasteiger partial charge in [0, 0.05) is 0 Å². The standard InChI is InChI=1S/C21H31NO4/c1-8-21(19(2,3)4,18(24)26-20(5,6)7)22-14-17(23)25-15-16-12-10-9-11-13-16/h8-13,22H,1,14-15H2,2-7H3. The molecule has 0 spiro atoms. The van der Waals surface area contributed by atoms with Crippen molar-refractivity contribution >= 4 is 11.9 Å². The Bertz CT molecular complexity index is 626. The average molecular weight is 361 g/mol. The van der Waals surface area contributed by atoms with Crippen molar-refractivity contribution in [2.75, 3.05) is 6.54 Å². The van der Waals surface area contributed by atoms with Gasteiger partial charge in [-0.1, -0.05) is 57.2 Å². The van der Waals surface area contributed by atoms with Crippen molar-refractivity contribution in [1.82, 2.24) is 5.32 Å². The first kappa shape index (κ1) is 21.9. The van der Waals surface area contributed by atoms with Gasteiger partial charge in [-0.15, -0.1) is 6.58 Å². The second kappa shape index (κ2) is 8.49. The summed E-state index contributed by atoms with van der Waals surface area (Å²) >= 11 is 0. The number of rotatable bonds is 7. The van der Waals surface area contributed by atoms with Crippen molar-refractivity contribution in [2.45, 2.75) is 59.3 Å². The minimum Gasteiger partial charge on any atom is -0.460 e. The van der Waals surface area contributed by atoms with E-state index in [0.717, 1.165) is 5.56 Å². The molecule has 1 rings (SSSR count). The van der Waals surface area contributed by atoms with E-state index in [1.54, 1.807) is 20.8 Å². The molecule has 26 heavy (non-hydrogen) atoms. The molecule has 1 aromatic rings. The van der Waals surface area contributed by atoms with Crippen LogP contribution in [0, 0.1) is 5.41 Å². The zero-order valence-corrected chi connectivity index (χ0v) is 16.7. The molecule has 1 N–H and O–H groups in total. The lowest BCUT2D eigenvalue weighted by molar-refractivity contribution is -0.165. The molecule has 0 heterocycles. The van der Waals surface area contributed by atoms with Crippen LogP contribution in [0.3, 0.4) is 0 Å². The van der Waals surface area contributed by atoms with Crippen molar-refractivity contribution in [3.8, 4) is 0 Å². The fourth-order valence-corrected chi connectivity index (χ4v) is 2.46. The molecule has 0 saturated heterocycles. The average Bonchev–Trinajstić information content (AvgIpc) is 2.52. The third-order valence-corrected chi connectivity index (χ3v) is 3.96. The minimum atomic E-state index is -1.22. The normalized spacial score (nSPS) is 14.2. The van der Waals surface area contributed by atoms with Crippen molar-refractivity contribution in [3.63, 3.8) is 0 Å². The molecule has 0 aliphatic rings. The highest BCUT2D eigenvalue weighted by Gasteiger charge is 2.48. The lowest BCUT2D eigenvalue weighted by Gasteiger charge is -2.42. The minimum absolute atomic E-state index is 0.130. The molecule has 0 saturated carbocycles. The van der Waals surface area contributed by atoms with E-state index in [4.69, 9.17) is 9.47 Å². The van der Waals surface area contributed by atoms with E-state index in [0.29, 0.717) is 0 Å². The maximum Gasteiger partial charge on any atom is 0.331 e. The van der Waals surface area contributed by atoms with Crippen LogP contribution >= 0.6 is 0 Å². The Balaban J connectivity index is 2.81. The zero-order chi connectivity index (χ0) is 20.0. The van der Waals surface area contributed by atoms with Gasteiger partial charge in [0.1, 0.15) is 17.7 Å². The molecule has 1 aromatic carbocycles. The second-order valence-electron chi connectivity index (χ2n) is 8.26. The molecule has 0 amide bonds. The fourth-order valence-electron chi connectivity index (χ4n) is 2.46. The number of nitrogens with one attached hydrogen (secondary N) is 1. The molecule has 1 atom stereocenters. The highest BCUT2D eigenvalue weighted by Crippen LogP contribution is 2.34. The van der Waals surface area contributed by atoms with E-state index in [9.17, 15) is 9.59 Å². The summed E-state index contributed by atoms with van der Waals surface area (Å²) in [4.78, 5) is 25.0. The Morgan fingerprint density at radius 3 is 2.12 bits per heavy atom. The van der Waals surface area contributed by atoms with Gasteiger partial charge in [-0.3, -0.25) is 10.1 Å². The number of hydrogen-bond donors (Lipinski definition) is 1. The predicted octanol–water partition coefficient (Wildman–Crippen LogP) is 3.63. The number of esters is 2. The van der Waals surface area contributed by atoms with Gasteiger partial charge in [-0.05, 0) is 31.7 Å². The molecule has 0 bridgehead atoms. The van der Waals surface area contributed by atoms with E-state index in [2.05, 4.69) is 11.9 Å². The van der Waals surface area contributed by atoms with Gasteiger partial charge < -0.3 is 9.47 Å². The summed E-state index contributed by atoms with van der Waals surface area (Å²) in [5.41, 5.74) is -1.52. The molecule has 0 aliphatic carbocycles. The number of benzene rings is 1.